The van der Waals surface area contributed by atoms with Crippen LogP contribution in [0.15, 0.2) is 30.5 Å². The van der Waals surface area contributed by atoms with Gasteiger partial charge in [-0.1, -0.05) is 12.1 Å². The molecule has 0 aliphatic carbocycles. The van der Waals surface area contributed by atoms with Crippen LogP contribution in [0.2, 0.25) is 0 Å². The average molecular weight is 262 g/mol. The van der Waals surface area contributed by atoms with E-state index in [2.05, 4.69) is 15.3 Å². The maximum Gasteiger partial charge on any atom is 0.313 e. The van der Waals surface area contributed by atoms with Crippen LogP contribution in [0.25, 0.3) is 11.3 Å². The highest BCUT2D eigenvalue weighted by atomic mass is 19.1. The number of hydrogen-bond donors (Lipinski definition) is 1. The molecule has 0 radical (unpaired) electrons. The van der Waals surface area contributed by atoms with Crippen LogP contribution in [-0.2, 0) is 0 Å². The molecule has 2 rings (SSSR count). The Labute approximate surface area is 108 Å². The molecule has 0 aliphatic rings. The van der Waals surface area contributed by atoms with Gasteiger partial charge in [-0.2, -0.15) is 0 Å². The number of hydrogen-bond acceptors (Lipinski definition) is 5. The highest BCUT2D eigenvalue weighted by Gasteiger charge is 2.21. The molecule has 0 spiro atoms. The van der Waals surface area contributed by atoms with Crippen molar-refractivity contribution in [1.82, 2.24) is 9.97 Å². The van der Waals surface area contributed by atoms with Gasteiger partial charge in [0.2, 0.25) is 5.95 Å². The normalized spacial score (nSPS) is 10.2. The van der Waals surface area contributed by atoms with Gasteiger partial charge in [-0.3, -0.25) is 10.1 Å². The van der Waals surface area contributed by atoms with Crippen LogP contribution in [0.1, 0.15) is 6.92 Å². The zero-order valence-corrected chi connectivity index (χ0v) is 10.1. The van der Waals surface area contributed by atoms with E-state index in [1.54, 1.807) is 6.07 Å². The lowest BCUT2D eigenvalue weighted by molar-refractivity contribution is -0.384. The molecule has 0 unspecified atom stereocenters. The second kappa shape index (κ2) is 5.38. The largest absolute Gasteiger partial charge is 0.354 e. The third-order valence-electron chi connectivity index (χ3n) is 2.43. The van der Waals surface area contributed by atoms with Crippen molar-refractivity contribution < 1.29 is 9.31 Å². The van der Waals surface area contributed by atoms with Crippen LogP contribution in [-0.4, -0.2) is 21.4 Å². The van der Waals surface area contributed by atoms with Crippen molar-refractivity contribution in [2.24, 2.45) is 0 Å². The first-order valence-corrected chi connectivity index (χ1v) is 5.63. The SMILES string of the molecule is CCNc1ncc([N+](=O)[O-])c(-c2ccccc2F)n1. The van der Waals surface area contributed by atoms with Gasteiger partial charge in [-0.25, -0.2) is 14.4 Å². The molecule has 0 amide bonds. The molecular weight excluding hydrogens is 251 g/mol. The number of aromatic nitrogens is 2. The minimum absolute atomic E-state index is 0.0333. The molecule has 0 atom stereocenters. The van der Waals surface area contributed by atoms with Gasteiger partial charge in [0, 0.05) is 12.1 Å². The number of nitrogens with zero attached hydrogens (tertiary/aromatic N) is 3. The quantitative estimate of drug-likeness (QED) is 0.676. The van der Waals surface area contributed by atoms with Crippen LogP contribution in [0.3, 0.4) is 0 Å². The number of halogens is 1. The fourth-order valence-corrected chi connectivity index (χ4v) is 1.60. The summed E-state index contributed by atoms with van der Waals surface area (Å²) in [6, 6.07) is 5.78. The van der Waals surface area contributed by atoms with Crippen molar-refractivity contribution in [3.8, 4) is 11.3 Å². The maximum absolute atomic E-state index is 13.7. The summed E-state index contributed by atoms with van der Waals surface area (Å²) in [7, 11) is 0. The zero-order chi connectivity index (χ0) is 13.8. The van der Waals surface area contributed by atoms with Gasteiger partial charge in [-0.15, -0.1) is 0 Å². The van der Waals surface area contributed by atoms with E-state index in [0.717, 1.165) is 6.20 Å². The van der Waals surface area contributed by atoms with E-state index < -0.39 is 10.7 Å². The number of nitrogens with one attached hydrogen (secondary N) is 1. The molecule has 0 saturated carbocycles. The van der Waals surface area contributed by atoms with Gasteiger partial charge < -0.3 is 5.32 Å². The van der Waals surface area contributed by atoms with Crippen LogP contribution in [0.5, 0.6) is 0 Å². The molecule has 7 heteroatoms. The summed E-state index contributed by atoms with van der Waals surface area (Å²) >= 11 is 0. The molecule has 19 heavy (non-hydrogen) atoms. The van der Waals surface area contributed by atoms with E-state index in [0.29, 0.717) is 6.54 Å². The van der Waals surface area contributed by atoms with Gasteiger partial charge in [0.05, 0.1) is 4.92 Å². The van der Waals surface area contributed by atoms with Gasteiger partial charge in [0.25, 0.3) is 0 Å². The molecule has 0 saturated heterocycles. The van der Waals surface area contributed by atoms with Gasteiger partial charge in [0.1, 0.15) is 12.0 Å². The first-order valence-electron chi connectivity index (χ1n) is 5.63. The predicted octanol–water partition coefficient (Wildman–Crippen LogP) is 2.62. The van der Waals surface area contributed by atoms with E-state index in [4.69, 9.17) is 0 Å². The van der Waals surface area contributed by atoms with Crippen molar-refractivity contribution in [1.29, 1.82) is 0 Å². The van der Waals surface area contributed by atoms with Crippen LogP contribution >= 0.6 is 0 Å². The van der Waals surface area contributed by atoms with E-state index in [-0.39, 0.29) is 22.9 Å². The highest BCUT2D eigenvalue weighted by molar-refractivity contribution is 5.70. The predicted molar refractivity (Wildman–Crippen MR) is 68.2 cm³/mol. The number of benzene rings is 1. The summed E-state index contributed by atoms with van der Waals surface area (Å²) in [6.07, 6.45) is 1.08. The smallest absolute Gasteiger partial charge is 0.313 e. The Morgan fingerprint density at radius 3 is 2.79 bits per heavy atom. The first kappa shape index (κ1) is 12.9. The molecule has 1 aromatic heterocycles. The fourth-order valence-electron chi connectivity index (χ4n) is 1.60. The zero-order valence-electron chi connectivity index (χ0n) is 10.1. The van der Waals surface area contributed by atoms with Crippen molar-refractivity contribution in [3.63, 3.8) is 0 Å². The monoisotopic (exact) mass is 262 g/mol. The molecule has 98 valence electrons. The van der Waals surface area contributed by atoms with E-state index in [9.17, 15) is 14.5 Å². The molecule has 1 heterocycles. The second-order valence-corrected chi connectivity index (χ2v) is 3.69. The molecule has 0 aliphatic heterocycles. The number of nitro groups is 1. The second-order valence-electron chi connectivity index (χ2n) is 3.69. The summed E-state index contributed by atoms with van der Waals surface area (Å²) in [5.41, 5.74) is -0.281. The summed E-state index contributed by atoms with van der Waals surface area (Å²) in [5.74, 6) is -0.335. The number of rotatable bonds is 4. The van der Waals surface area contributed by atoms with Gasteiger partial charge >= 0.3 is 5.69 Å². The van der Waals surface area contributed by atoms with E-state index >= 15 is 0 Å². The standard InChI is InChI=1S/C12H11FN4O2/c1-2-14-12-15-7-10(17(18)19)11(16-12)8-5-3-4-6-9(8)13/h3-7H,2H2,1H3,(H,14,15,16). The lowest BCUT2D eigenvalue weighted by Crippen LogP contribution is -2.05. The van der Waals surface area contributed by atoms with Crippen LogP contribution in [0.4, 0.5) is 16.0 Å². The summed E-state index contributed by atoms with van der Waals surface area (Å²) in [6.45, 7) is 2.40. The molecule has 6 nitrogen and oxygen atoms in total. The van der Waals surface area contributed by atoms with Crippen LogP contribution < -0.4 is 5.32 Å². The Morgan fingerprint density at radius 2 is 2.16 bits per heavy atom. The lowest BCUT2D eigenvalue weighted by atomic mass is 10.1. The summed E-state index contributed by atoms with van der Waals surface area (Å²) in [4.78, 5) is 18.2. The fraction of sp³-hybridized carbons (Fsp3) is 0.167. The maximum atomic E-state index is 13.7. The average Bonchev–Trinajstić information content (AvgIpc) is 2.39. The van der Waals surface area contributed by atoms with Gasteiger partial charge in [0.15, 0.2) is 5.69 Å². The minimum Gasteiger partial charge on any atom is -0.354 e. The molecule has 0 bridgehead atoms. The van der Waals surface area contributed by atoms with Crippen molar-refractivity contribution in [2.45, 2.75) is 6.92 Å². The Bertz CT molecular complexity index is 618. The molecule has 1 aromatic carbocycles. The first-order chi connectivity index (χ1) is 9.13. The van der Waals surface area contributed by atoms with E-state index in [1.165, 1.54) is 18.2 Å². The van der Waals surface area contributed by atoms with Gasteiger partial charge in [-0.05, 0) is 19.1 Å². The highest BCUT2D eigenvalue weighted by Crippen LogP contribution is 2.29. The van der Waals surface area contributed by atoms with Crippen molar-refractivity contribution >= 4 is 11.6 Å². The minimum atomic E-state index is -0.627. The Hall–Kier alpha value is -2.57. The molecule has 1 N–H and O–H groups in total. The summed E-state index contributed by atoms with van der Waals surface area (Å²) < 4.78 is 13.7. The van der Waals surface area contributed by atoms with Crippen molar-refractivity contribution in [2.75, 3.05) is 11.9 Å². The third-order valence-corrected chi connectivity index (χ3v) is 2.43. The topological polar surface area (TPSA) is 81.0 Å². The molecular formula is C12H11FN4O2. The third kappa shape index (κ3) is 2.65. The summed E-state index contributed by atoms with van der Waals surface area (Å²) in [5, 5.41) is 13.8. The van der Waals surface area contributed by atoms with Crippen LogP contribution in [0, 0.1) is 15.9 Å². The molecule has 0 fully saturated rings. The van der Waals surface area contributed by atoms with Crippen molar-refractivity contribution in [3.05, 3.63) is 46.4 Å². The lowest BCUT2D eigenvalue weighted by Gasteiger charge is -2.06. The Balaban J connectivity index is 2.61. The van der Waals surface area contributed by atoms with E-state index in [1.807, 2.05) is 6.92 Å². The Kier molecular flexibility index (Phi) is 3.65. The molecule has 2 aromatic rings. The Morgan fingerprint density at radius 1 is 1.42 bits per heavy atom. The number of anilines is 1.